The Morgan fingerprint density at radius 3 is 2.50 bits per heavy atom. The standard InChI is InChI=1S/C7H7ClN2O2/c8-6-4(9)1-3(7(10)12)2-5(6)11/h1-2,11H,9H2,(H2,10,12). The number of aromatic hydroxyl groups is 1. The maximum absolute atomic E-state index is 10.6. The maximum atomic E-state index is 10.6. The van der Waals surface area contributed by atoms with Gasteiger partial charge in [0.2, 0.25) is 5.91 Å². The van der Waals surface area contributed by atoms with E-state index in [-0.39, 0.29) is 22.0 Å². The van der Waals surface area contributed by atoms with E-state index in [4.69, 9.17) is 28.2 Å². The summed E-state index contributed by atoms with van der Waals surface area (Å²) in [5.41, 5.74) is 10.6. The van der Waals surface area contributed by atoms with Gasteiger partial charge in [0.15, 0.2) is 0 Å². The number of carbonyl (C=O) groups excluding carboxylic acids is 1. The monoisotopic (exact) mass is 186 g/mol. The summed E-state index contributed by atoms with van der Waals surface area (Å²) in [7, 11) is 0. The highest BCUT2D eigenvalue weighted by Crippen LogP contribution is 2.30. The fourth-order valence-corrected chi connectivity index (χ4v) is 0.882. The lowest BCUT2D eigenvalue weighted by Crippen LogP contribution is -2.11. The molecule has 64 valence electrons. The molecule has 0 fully saturated rings. The van der Waals surface area contributed by atoms with Gasteiger partial charge < -0.3 is 16.6 Å². The molecule has 1 rings (SSSR count). The lowest BCUT2D eigenvalue weighted by Gasteiger charge is -2.02. The van der Waals surface area contributed by atoms with Gasteiger partial charge in [0.1, 0.15) is 10.8 Å². The van der Waals surface area contributed by atoms with Crippen LogP contribution in [0.15, 0.2) is 12.1 Å². The van der Waals surface area contributed by atoms with E-state index in [2.05, 4.69) is 0 Å². The number of phenolic OH excluding ortho intramolecular Hbond substituents is 1. The smallest absolute Gasteiger partial charge is 0.248 e. The predicted molar refractivity (Wildman–Crippen MR) is 46.0 cm³/mol. The first-order valence-corrected chi connectivity index (χ1v) is 3.48. The topological polar surface area (TPSA) is 89.3 Å². The van der Waals surface area contributed by atoms with Gasteiger partial charge in [0.25, 0.3) is 0 Å². The van der Waals surface area contributed by atoms with Gasteiger partial charge >= 0.3 is 0 Å². The molecule has 0 aliphatic rings. The molecule has 0 saturated heterocycles. The molecule has 0 aliphatic carbocycles. The third-order valence-electron chi connectivity index (χ3n) is 1.37. The molecule has 0 aromatic heterocycles. The molecule has 0 saturated carbocycles. The second-order valence-corrected chi connectivity index (χ2v) is 2.64. The highest BCUT2D eigenvalue weighted by atomic mass is 35.5. The molecule has 1 aromatic carbocycles. The second-order valence-electron chi connectivity index (χ2n) is 2.26. The maximum Gasteiger partial charge on any atom is 0.248 e. The van der Waals surface area contributed by atoms with Gasteiger partial charge in [-0.3, -0.25) is 4.79 Å². The Kier molecular flexibility index (Phi) is 2.10. The van der Waals surface area contributed by atoms with Gasteiger partial charge in [-0.1, -0.05) is 11.6 Å². The van der Waals surface area contributed by atoms with Crippen LogP contribution in [0.25, 0.3) is 0 Å². The largest absolute Gasteiger partial charge is 0.506 e. The number of primary amides is 1. The van der Waals surface area contributed by atoms with Gasteiger partial charge in [-0.25, -0.2) is 0 Å². The van der Waals surface area contributed by atoms with E-state index < -0.39 is 5.91 Å². The van der Waals surface area contributed by atoms with Crippen molar-refractivity contribution in [2.24, 2.45) is 5.73 Å². The number of amides is 1. The molecule has 0 spiro atoms. The Labute approximate surface area is 73.7 Å². The number of halogens is 1. The minimum Gasteiger partial charge on any atom is -0.506 e. The summed E-state index contributed by atoms with van der Waals surface area (Å²) in [5.74, 6) is -0.904. The number of nitrogen functional groups attached to an aromatic ring is 1. The SMILES string of the molecule is NC(=O)c1cc(N)c(Cl)c(O)c1. The molecule has 0 bridgehead atoms. The minimum atomic E-state index is -0.659. The fraction of sp³-hybridized carbons (Fsp3) is 0. The molecule has 0 atom stereocenters. The van der Waals surface area contributed by atoms with Crippen LogP contribution in [0, 0.1) is 0 Å². The van der Waals surface area contributed by atoms with Gasteiger partial charge in [-0.15, -0.1) is 0 Å². The summed E-state index contributed by atoms with van der Waals surface area (Å²) in [4.78, 5) is 10.6. The van der Waals surface area contributed by atoms with Crippen molar-refractivity contribution in [3.05, 3.63) is 22.7 Å². The van der Waals surface area contributed by atoms with Crippen molar-refractivity contribution in [1.29, 1.82) is 0 Å². The molecular weight excluding hydrogens is 180 g/mol. The average molecular weight is 187 g/mol. The van der Waals surface area contributed by atoms with Crippen LogP contribution in [0.4, 0.5) is 5.69 Å². The number of nitrogens with two attached hydrogens (primary N) is 2. The summed E-state index contributed by atoms with van der Waals surface area (Å²) >= 11 is 5.53. The molecule has 4 nitrogen and oxygen atoms in total. The number of phenols is 1. The molecule has 1 amide bonds. The van der Waals surface area contributed by atoms with Gasteiger partial charge in [0, 0.05) is 5.56 Å². The second kappa shape index (κ2) is 2.91. The first kappa shape index (κ1) is 8.67. The highest BCUT2D eigenvalue weighted by molar-refractivity contribution is 6.34. The van der Waals surface area contributed by atoms with Crippen molar-refractivity contribution >= 4 is 23.2 Å². The fourth-order valence-electron chi connectivity index (χ4n) is 0.773. The third-order valence-corrected chi connectivity index (χ3v) is 1.78. The Morgan fingerprint density at radius 1 is 1.50 bits per heavy atom. The molecule has 0 unspecified atom stereocenters. The molecule has 0 heterocycles. The molecule has 0 radical (unpaired) electrons. The summed E-state index contributed by atoms with van der Waals surface area (Å²) in [5, 5.41) is 9.14. The molecule has 0 aliphatic heterocycles. The van der Waals surface area contributed by atoms with Crippen LogP contribution in [-0.4, -0.2) is 11.0 Å². The van der Waals surface area contributed by atoms with Crippen molar-refractivity contribution in [3.63, 3.8) is 0 Å². The summed E-state index contributed by atoms with van der Waals surface area (Å²) in [6, 6.07) is 2.48. The van der Waals surface area contributed by atoms with E-state index in [0.29, 0.717) is 0 Å². The number of anilines is 1. The zero-order valence-electron chi connectivity index (χ0n) is 6.04. The van der Waals surface area contributed by atoms with Crippen LogP contribution in [0.3, 0.4) is 0 Å². The molecular formula is C7H7ClN2O2. The van der Waals surface area contributed by atoms with Crippen LogP contribution in [0.1, 0.15) is 10.4 Å². The van der Waals surface area contributed by atoms with E-state index >= 15 is 0 Å². The van der Waals surface area contributed by atoms with Gasteiger partial charge in [0.05, 0.1) is 5.69 Å². The summed E-state index contributed by atoms with van der Waals surface area (Å²) in [6.07, 6.45) is 0. The molecule has 5 heteroatoms. The van der Waals surface area contributed by atoms with E-state index in [1.54, 1.807) is 0 Å². The van der Waals surface area contributed by atoms with Crippen LogP contribution < -0.4 is 11.5 Å². The minimum absolute atomic E-state index is 0.0278. The number of benzene rings is 1. The number of carbonyl (C=O) groups is 1. The molecule has 5 N–H and O–H groups in total. The number of hydrogen-bond donors (Lipinski definition) is 3. The Hall–Kier alpha value is -1.42. The van der Waals surface area contributed by atoms with Gasteiger partial charge in [-0.2, -0.15) is 0 Å². The lowest BCUT2D eigenvalue weighted by atomic mass is 10.2. The van der Waals surface area contributed by atoms with Crippen molar-refractivity contribution in [2.75, 3.05) is 5.73 Å². The quantitative estimate of drug-likeness (QED) is 0.565. The van der Waals surface area contributed by atoms with Crippen LogP contribution in [0.5, 0.6) is 5.75 Å². The van der Waals surface area contributed by atoms with Crippen molar-refractivity contribution < 1.29 is 9.90 Å². The Balaban J connectivity index is 3.31. The number of rotatable bonds is 1. The first-order chi connectivity index (χ1) is 5.52. The Morgan fingerprint density at radius 2 is 2.08 bits per heavy atom. The van der Waals surface area contributed by atoms with Crippen LogP contribution in [-0.2, 0) is 0 Å². The van der Waals surface area contributed by atoms with Crippen LogP contribution >= 0.6 is 11.6 Å². The zero-order valence-corrected chi connectivity index (χ0v) is 6.80. The van der Waals surface area contributed by atoms with Gasteiger partial charge in [-0.05, 0) is 12.1 Å². The van der Waals surface area contributed by atoms with E-state index in [0.717, 1.165) is 0 Å². The number of hydrogen-bond acceptors (Lipinski definition) is 3. The van der Waals surface area contributed by atoms with E-state index in [9.17, 15) is 4.79 Å². The summed E-state index contributed by atoms with van der Waals surface area (Å²) < 4.78 is 0. The van der Waals surface area contributed by atoms with E-state index in [1.165, 1.54) is 12.1 Å². The third kappa shape index (κ3) is 1.43. The molecule has 12 heavy (non-hydrogen) atoms. The van der Waals surface area contributed by atoms with Crippen LogP contribution in [0.2, 0.25) is 5.02 Å². The lowest BCUT2D eigenvalue weighted by molar-refractivity contribution is 0.1000. The van der Waals surface area contributed by atoms with Crippen molar-refractivity contribution in [2.45, 2.75) is 0 Å². The van der Waals surface area contributed by atoms with Crippen molar-refractivity contribution in [1.82, 2.24) is 0 Å². The average Bonchev–Trinajstić information content (AvgIpc) is 1.99. The molecule has 1 aromatic rings. The predicted octanol–water partition coefficient (Wildman–Crippen LogP) is 0.727. The first-order valence-electron chi connectivity index (χ1n) is 3.10. The van der Waals surface area contributed by atoms with Crippen molar-refractivity contribution in [3.8, 4) is 5.75 Å². The van der Waals surface area contributed by atoms with E-state index in [1.807, 2.05) is 0 Å². The summed E-state index contributed by atoms with van der Waals surface area (Å²) in [6.45, 7) is 0. The Bertz CT molecular complexity index is 315. The highest BCUT2D eigenvalue weighted by Gasteiger charge is 2.08. The zero-order chi connectivity index (χ0) is 9.30. The normalized spacial score (nSPS) is 9.75.